The lowest BCUT2D eigenvalue weighted by Gasteiger charge is -2.13. The van der Waals surface area contributed by atoms with Crippen LogP contribution in [0, 0.1) is 0 Å². The molecule has 5 rings (SSSR count). The average Bonchev–Trinajstić information content (AvgIpc) is 2.68. The van der Waals surface area contributed by atoms with Crippen molar-refractivity contribution >= 4 is 43.7 Å². The maximum atomic E-state index is 3.63. The third kappa shape index (κ3) is 2.41. The maximum Gasteiger partial charge on any atom is 0.0470 e. The van der Waals surface area contributed by atoms with E-state index in [-0.39, 0.29) is 0 Å². The molecule has 0 aliphatic heterocycles. The van der Waals surface area contributed by atoms with E-state index >= 15 is 0 Å². The zero-order valence-electron chi connectivity index (χ0n) is 13.7. The second-order valence-electron chi connectivity index (χ2n) is 6.38. The van der Waals surface area contributed by atoms with Gasteiger partial charge in [0.2, 0.25) is 0 Å². The lowest BCUT2D eigenvalue weighted by atomic mass is 10.00. The van der Waals surface area contributed by atoms with Crippen LogP contribution in [-0.2, 0) is 0 Å². The molecule has 0 aromatic heterocycles. The van der Waals surface area contributed by atoms with Crippen LogP contribution in [0.5, 0.6) is 0 Å². The molecule has 0 bridgehead atoms. The second kappa shape index (κ2) is 5.64. The zero-order valence-corrected chi connectivity index (χ0v) is 13.7. The fraction of sp³-hybridized carbons (Fsp3) is 0. The van der Waals surface area contributed by atoms with E-state index in [1.165, 1.54) is 32.3 Å². The summed E-state index contributed by atoms with van der Waals surface area (Å²) in [6.07, 6.45) is 0. The summed E-state index contributed by atoms with van der Waals surface area (Å²) in [5, 5.41) is 11.2. The SMILES string of the molecule is c1ccc2cc(Nc3cc4ccccc4c4ccccc34)ccc2c1. The monoisotopic (exact) mass is 319 g/mol. The van der Waals surface area contributed by atoms with Gasteiger partial charge in [-0.1, -0.05) is 78.9 Å². The summed E-state index contributed by atoms with van der Waals surface area (Å²) in [7, 11) is 0. The molecule has 5 aromatic carbocycles. The molecule has 0 amide bonds. The van der Waals surface area contributed by atoms with Crippen LogP contribution in [0.15, 0.2) is 97.1 Å². The Balaban J connectivity index is 1.70. The quantitative estimate of drug-likeness (QED) is 0.349. The molecule has 0 aliphatic rings. The molecule has 25 heavy (non-hydrogen) atoms. The van der Waals surface area contributed by atoms with E-state index in [1.807, 2.05) is 0 Å². The molecular formula is C24H17N. The van der Waals surface area contributed by atoms with Crippen molar-refractivity contribution in [1.29, 1.82) is 0 Å². The van der Waals surface area contributed by atoms with E-state index < -0.39 is 0 Å². The lowest BCUT2D eigenvalue weighted by Crippen LogP contribution is -1.92. The first-order valence-corrected chi connectivity index (χ1v) is 8.55. The van der Waals surface area contributed by atoms with E-state index in [9.17, 15) is 0 Å². The minimum Gasteiger partial charge on any atom is -0.355 e. The van der Waals surface area contributed by atoms with Crippen molar-refractivity contribution in [1.82, 2.24) is 0 Å². The Labute approximate surface area is 146 Å². The number of anilines is 2. The van der Waals surface area contributed by atoms with Crippen molar-refractivity contribution < 1.29 is 0 Å². The number of rotatable bonds is 2. The number of fused-ring (bicyclic) bond motifs is 4. The predicted octanol–water partition coefficient (Wildman–Crippen LogP) is 6.89. The Morgan fingerprint density at radius 1 is 0.440 bits per heavy atom. The Hall–Kier alpha value is -3.32. The van der Waals surface area contributed by atoms with E-state index in [4.69, 9.17) is 0 Å². The molecule has 0 unspecified atom stereocenters. The molecule has 0 radical (unpaired) electrons. The van der Waals surface area contributed by atoms with Crippen molar-refractivity contribution in [3.05, 3.63) is 97.1 Å². The molecule has 118 valence electrons. The van der Waals surface area contributed by atoms with Gasteiger partial charge in [-0.25, -0.2) is 0 Å². The molecule has 0 fully saturated rings. The first-order valence-electron chi connectivity index (χ1n) is 8.55. The van der Waals surface area contributed by atoms with Crippen LogP contribution in [0.25, 0.3) is 32.3 Å². The molecule has 0 saturated heterocycles. The number of benzene rings is 5. The van der Waals surface area contributed by atoms with E-state index in [0.717, 1.165) is 11.4 Å². The predicted molar refractivity (Wildman–Crippen MR) is 109 cm³/mol. The third-order valence-corrected chi connectivity index (χ3v) is 4.80. The average molecular weight is 319 g/mol. The van der Waals surface area contributed by atoms with Gasteiger partial charge in [-0.2, -0.15) is 0 Å². The van der Waals surface area contributed by atoms with Gasteiger partial charge in [-0.15, -0.1) is 0 Å². The Morgan fingerprint density at radius 2 is 1.08 bits per heavy atom. The fourth-order valence-electron chi connectivity index (χ4n) is 3.58. The summed E-state index contributed by atoms with van der Waals surface area (Å²) in [5.74, 6) is 0. The molecule has 0 aliphatic carbocycles. The van der Waals surface area contributed by atoms with Crippen LogP contribution in [0.2, 0.25) is 0 Å². The summed E-state index contributed by atoms with van der Waals surface area (Å²) in [4.78, 5) is 0. The van der Waals surface area contributed by atoms with Crippen LogP contribution < -0.4 is 5.32 Å². The highest BCUT2D eigenvalue weighted by molar-refractivity contribution is 6.13. The van der Waals surface area contributed by atoms with E-state index in [0.29, 0.717) is 0 Å². The van der Waals surface area contributed by atoms with Crippen molar-refractivity contribution in [2.24, 2.45) is 0 Å². The number of hydrogen-bond acceptors (Lipinski definition) is 1. The summed E-state index contributed by atoms with van der Waals surface area (Å²) in [6, 6.07) is 34.4. The minimum absolute atomic E-state index is 1.11. The van der Waals surface area contributed by atoms with E-state index in [1.54, 1.807) is 0 Å². The summed E-state index contributed by atoms with van der Waals surface area (Å²) < 4.78 is 0. The Bertz CT molecular complexity index is 1220. The van der Waals surface area contributed by atoms with Gasteiger partial charge in [0, 0.05) is 16.8 Å². The minimum atomic E-state index is 1.11. The van der Waals surface area contributed by atoms with Crippen molar-refractivity contribution in [2.75, 3.05) is 5.32 Å². The topological polar surface area (TPSA) is 12.0 Å². The molecule has 0 saturated carbocycles. The molecule has 1 heteroatoms. The number of nitrogens with one attached hydrogen (secondary N) is 1. The smallest absolute Gasteiger partial charge is 0.0470 e. The van der Waals surface area contributed by atoms with Gasteiger partial charge in [0.25, 0.3) is 0 Å². The highest BCUT2D eigenvalue weighted by atomic mass is 14.9. The van der Waals surface area contributed by atoms with Crippen molar-refractivity contribution in [2.45, 2.75) is 0 Å². The standard InChI is InChI=1S/C24H17N/c1-2-8-18-15-20(14-13-17(18)7-1)25-24-16-19-9-3-4-10-21(19)22-11-5-6-12-23(22)24/h1-16,25H. The fourth-order valence-corrected chi connectivity index (χ4v) is 3.58. The second-order valence-corrected chi connectivity index (χ2v) is 6.38. The van der Waals surface area contributed by atoms with Crippen molar-refractivity contribution in [3.63, 3.8) is 0 Å². The van der Waals surface area contributed by atoms with Crippen LogP contribution in [0.1, 0.15) is 0 Å². The molecule has 1 nitrogen and oxygen atoms in total. The van der Waals surface area contributed by atoms with Crippen LogP contribution >= 0.6 is 0 Å². The Morgan fingerprint density at radius 3 is 1.92 bits per heavy atom. The van der Waals surface area contributed by atoms with Crippen LogP contribution in [0.4, 0.5) is 11.4 Å². The van der Waals surface area contributed by atoms with Gasteiger partial charge < -0.3 is 5.32 Å². The summed E-state index contributed by atoms with van der Waals surface area (Å²) in [5.41, 5.74) is 2.25. The third-order valence-electron chi connectivity index (χ3n) is 4.80. The maximum absolute atomic E-state index is 3.63. The summed E-state index contributed by atoms with van der Waals surface area (Å²) in [6.45, 7) is 0. The van der Waals surface area contributed by atoms with Crippen LogP contribution in [0.3, 0.4) is 0 Å². The number of hydrogen-bond donors (Lipinski definition) is 1. The molecule has 0 spiro atoms. The normalized spacial score (nSPS) is 11.2. The Kier molecular flexibility index (Phi) is 3.17. The molecule has 1 N–H and O–H groups in total. The lowest BCUT2D eigenvalue weighted by molar-refractivity contribution is 1.61. The zero-order chi connectivity index (χ0) is 16.6. The summed E-state index contributed by atoms with van der Waals surface area (Å²) >= 11 is 0. The van der Waals surface area contributed by atoms with E-state index in [2.05, 4.69) is 102 Å². The molecule has 0 atom stereocenters. The van der Waals surface area contributed by atoms with Gasteiger partial charge in [0.05, 0.1) is 0 Å². The molecular weight excluding hydrogens is 302 g/mol. The first kappa shape index (κ1) is 14.1. The van der Waals surface area contributed by atoms with Crippen molar-refractivity contribution in [3.8, 4) is 0 Å². The molecule has 5 aromatic rings. The first-order chi connectivity index (χ1) is 12.4. The van der Waals surface area contributed by atoms with Gasteiger partial charge >= 0.3 is 0 Å². The van der Waals surface area contributed by atoms with Gasteiger partial charge in [-0.3, -0.25) is 0 Å². The largest absolute Gasteiger partial charge is 0.355 e. The van der Waals surface area contributed by atoms with Gasteiger partial charge in [-0.05, 0) is 45.1 Å². The highest BCUT2D eigenvalue weighted by Crippen LogP contribution is 2.34. The highest BCUT2D eigenvalue weighted by Gasteiger charge is 2.06. The molecule has 0 heterocycles. The van der Waals surface area contributed by atoms with Gasteiger partial charge in [0.15, 0.2) is 0 Å². The van der Waals surface area contributed by atoms with Crippen LogP contribution in [-0.4, -0.2) is 0 Å². The van der Waals surface area contributed by atoms with Gasteiger partial charge in [0.1, 0.15) is 0 Å².